The maximum absolute atomic E-state index is 12.4. The molecule has 6 heteroatoms. The van der Waals surface area contributed by atoms with E-state index in [9.17, 15) is 9.59 Å². The van der Waals surface area contributed by atoms with Crippen LogP contribution in [0, 0.1) is 0 Å². The Bertz CT molecular complexity index is 737. The van der Waals surface area contributed by atoms with E-state index in [1.165, 1.54) is 10.5 Å². The van der Waals surface area contributed by atoms with Crippen molar-refractivity contribution >= 4 is 23.3 Å². The number of carbonyl (C=O) groups excluding carboxylic acids is 2. The van der Waals surface area contributed by atoms with E-state index < -0.39 is 0 Å². The molecule has 3 amide bonds. The molecule has 1 aromatic heterocycles. The molecule has 0 spiro atoms. The first-order valence-electron chi connectivity index (χ1n) is 8.31. The van der Waals surface area contributed by atoms with Gasteiger partial charge in [0.25, 0.3) is 5.91 Å². The van der Waals surface area contributed by atoms with Gasteiger partial charge in [-0.2, -0.15) is 0 Å². The molecule has 0 unspecified atom stereocenters. The SMILES string of the molecule is O=C1[C@H]2CCCN2C(=O)N1Cc1csc(CCc2ccccc2)n1. The first-order chi connectivity index (χ1) is 11.7. The highest BCUT2D eigenvalue weighted by molar-refractivity contribution is 7.09. The van der Waals surface area contributed by atoms with E-state index in [2.05, 4.69) is 17.1 Å². The van der Waals surface area contributed by atoms with Gasteiger partial charge in [0.15, 0.2) is 0 Å². The summed E-state index contributed by atoms with van der Waals surface area (Å²) in [6, 6.07) is 9.95. The largest absolute Gasteiger partial charge is 0.327 e. The molecule has 3 heterocycles. The molecule has 0 N–H and O–H groups in total. The van der Waals surface area contributed by atoms with Crippen LogP contribution in [0.4, 0.5) is 4.79 Å². The number of hydrogen-bond acceptors (Lipinski definition) is 4. The standard InChI is InChI=1S/C18H19N3O2S/c22-17-15-7-4-10-20(15)18(23)21(17)11-14-12-24-16(19-14)9-8-13-5-2-1-3-6-13/h1-3,5-6,12,15H,4,7-11H2/t15-/m1/s1. The summed E-state index contributed by atoms with van der Waals surface area (Å²) < 4.78 is 0. The second-order valence-electron chi connectivity index (χ2n) is 6.28. The quantitative estimate of drug-likeness (QED) is 0.786. The Morgan fingerprint density at radius 1 is 1.17 bits per heavy atom. The number of urea groups is 1. The maximum atomic E-state index is 12.4. The van der Waals surface area contributed by atoms with Crippen molar-refractivity contribution in [2.45, 2.75) is 38.3 Å². The highest BCUT2D eigenvalue weighted by Gasteiger charge is 2.47. The number of hydrogen-bond donors (Lipinski definition) is 0. The summed E-state index contributed by atoms with van der Waals surface area (Å²) in [5.41, 5.74) is 2.10. The van der Waals surface area contributed by atoms with E-state index in [1.54, 1.807) is 16.2 Å². The first-order valence-corrected chi connectivity index (χ1v) is 9.19. The number of aromatic nitrogens is 1. The van der Waals surface area contributed by atoms with Crippen molar-refractivity contribution < 1.29 is 9.59 Å². The molecule has 1 aromatic carbocycles. The van der Waals surface area contributed by atoms with Gasteiger partial charge in [0, 0.05) is 18.3 Å². The van der Waals surface area contributed by atoms with E-state index in [1.807, 2.05) is 23.6 Å². The molecule has 2 aliphatic heterocycles. The molecule has 124 valence electrons. The van der Waals surface area contributed by atoms with Gasteiger partial charge in [0.2, 0.25) is 0 Å². The lowest BCUT2D eigenvalue weighted by atomic mass is 10.1. The topological polar surface area (TPSA) is 53.5 Å². The fraction of sp³-hybridized carbons (Fsp3) is 0.389. The van der Waals surface area contributed by atoms with Gasteiger partial charge >= 0.3 is 6.03 Å². The van der Waals surface area contributed by atoms with Crippen molar-refractivity contribution in [1.82, 2.24) is 14.8 Å². The predicted octanol–water partition coefficient (Wildman–Crippen LogP) is 2.85. The van der Waals surface area contributed by atoms with Crippen molar-refractivity contribution in [2.75, 3.05) is 6.54 Å². The lowest BCUT2D eigenvalue weighted by Crippen LogP contribution is -2.32. The molecule has 0 saturated carbocycles. The summed E-state index contributed by atoms with van der Waals surface area (Å²) in [6.45, 7) is 0.998. The summed E-state index contributed by atoms with van der Waals surface area (Å²) >= 11 is 1.60. The molecule has 0 radical (unpaired) electrons. The fourth-order valence-electron chi connectivity index (χ4n) is 3.42. The van der Waals surface area contributed by atoms with E-state index in [-0.39, 0.29) is 18.0 Å². The van der Waals surface area contributed by atoms with Crippen LogP contribution in [-0.2, 0) is 24.2 Å². The van der Waals surface area contributed by atoms with Crippen LogP contribution in [0.3, 0.4) is 0 Å². The average molecular weight is 341 g/mol. The van der Waals surface area contributed by atoms with E-state index >= 15 is 0 Å². The number of benzene rings is 1. The smallest absolute Gasteiger partial charge is 0.312 e. The third-order valence-electron chi connectivity index (χ3n) is 4.67. The molecule has 2 fully saturated rings. The third-order valence-corrected chi connectivity index (χ3v) is 5.63. The number of imide groups is 1. The van der Waals surface area contributed by atoms with Crippen molar-refractivity contribution in [3.8, 4) is 0 Å². The highest BCUT2D eigenvalue weighted by atomic mass is 32.1. The van der Waals surface area contributed by atoms with Crippen LogP contribution in [0.2, 0.25) is 0 Å². The minimum absolute atomic E-state index is 0.0589. The van der Waals surface area contributed by atoms with Gasteiger partial charge in [-0.15, -0.1) is 11.3 Å². The summed E-state index contributed by atoms with van der Waals surface area (Å²) in [4.78, 5) is 32.4. The Hall–Kier alpha value is -2.21. The minimum Gasteiger partial charge on any atom is -0.312 e. The molecule has 2 saturated heterocycles. The van der Waals surface area contributed by atoms with Gasteiger partial charge in [-0.3, -0.25) is 9.69 Å². The van der Waals surface area contributed by atoms with Crippen LogP contribution in [-0.4, -0.2) is 39.3 Å². The molecule has 2 aromatic rings. The van der Waals surface area contributed by atoms with Crippen LogP contribution in [0.25, 0.3) is 0 Å². The van der Waals surface area contributed by atoms with Gasteiger partial charge < -0.3 is 4.90 Å². The number of nitrogens with zero attached hydrogens (tertiary/aromatic N) is 3. The number of thiazole rings is 1. The summed E-state index contributed by atoms with van der Waals surface area (Å²) in [5, 5.41) is 3.01. The van der Waals surface area contributed by atoms with E-state index in [4.69, 9.17) is 0 Å². The monoisotopic (exact) mass is 341 g/mol. The molecule has 4 rings (SSSR count). The number of rotatable bonds is 5. The summed E-state index contributed by atoms with van der Waals surface area (Å²) in [5.74, 6) is -0.0589. The highest BCUT2D eigenvalue weighted by Crippen LogP contribution is 2.28. The van der Waals surface area contributed by atoms with Crippen LogP contribution >= 0.6 is 11.3 Å². The number of aryl methyl sites for hydroxylation is 2. The van der Waals surface area contributed by atoms with Crippen LogP contribution < -0.4 is 0 Å². The van der Waals surface area contributed by atoms with Crippen LogP contribution in [0.5, 0.6) is 0 Å². The third kappa shape index (κ3) is 2.82. The van der Waals surface area contributed by atoms with Crippen molar-refractivity contribution in [3.63, 3.8) is 0 Å². The first kappa shape index (κ1) is 15.3. The second-order valence-corrected chi connectivity index (χ2v) is 7.22. The Kier molecular flexibility index (Phi) is 4.06. The lowest BCUT2D eigenvalue weighted by molar-refractivity contribution is -0.128. The Balaban J connectivity index is 1.39. The molecule has 1 atom stereocenters. The summed E-state index contributed by atoms with van der Waals surface area (Å²) in [7, 11) is 0. The molecular weight excluding hydrogens is 322 g/mol. The van der Waals surface area contributed by atoms with Gasteiger partial charge in [0.05, 0.1) is 17.2 Å². The van der Waals surface area contributed by atoms with Crippen LogP contribution in [0.15, 0.2) is 35.7 Å². The molecular formula is C18H19N3O2S. The Morgan fingerprint density at radius 3 is 2.79 bits per heavy atom. The zero-order valence-corrected chi connectivity index (χ0v) is 14.2. The average Bonchev–Trinajstić information content (AvgIpc) is 3.30. The number of fused-ring (bicyclic) bond motifs is 1. The fourth-order valence-corrected chi connectivity index (χ4v) is 4.21. The number of carbonyl (C=O) groups is 2. The molecule has 2 aliphatic rings. The van der Waals surface area contributed by atoms with Crippen LogP contribution in [0.1, 0.15) is 29.1 Å². The normalized spacial score (nSPS) is 20.1. The van der Waals surface area contributed by atoms with E-state index in [0.717, 1.165) is 36.4 Å². The second kappa shape index (κ2) is 6.36. The lowest BCUT2D eigenvalue weighted by Gasteiger charge is -2.14. The van der Waals surface area contributed by atoms with Gasteiger partial charge in [0.1, 0.15) is 6.04 Å². The molecule has 5 nitrogen and oxygen atoms in total. The molecule has 0 bridgehead atoms. The van der Waals surface area contributed by atoms with Crippen molar-refractivity contribution in [1.29, 1.82) is 0 Å². The minimum atomic E-state index is -0.228. The Labute approximate surface area is 144 Å². The van der Waals surface area contributed by atoms with E-state index in [0.29, 0.717) is 13.1 Å². The maximum Gasteiger partial charge on any atom is 0.327 e. The van der Waals surface area contributed by atoms with Crippen molar-refractivity contribution in [2.24, 2.45) is 0 Å². The zero-order valence-electron chi connectivity index (χ0n) is 13.4. The molecule has 24 heavy (non-hydrogen) atoms. The van der Waals surface area contributed by atoms with Crippen molar-refractivity contribution in [3.05, 3.63) is 52.0 Å². The predicted molar refractivity (Wildman–Crippen MR) is 91.6 cm³/mol. The zero-order chi connectivity index (χ0) is 16.5. The Morgan fingerprint density at radius 2 is 2.00 bits per heavy atom. The van der Waals surface area contributed by atoms with Gasteiger partial charge in [-0.25, -0.2) is 9.78 Å². The number of amides is 3. The van der Waals surface area contributed by atoms with Gasteiger partial charge in [-0.1, -0.05) is 30.3 Å². The van der Waals surface area contributed by atoms with Gasteiger partial charge in [-0.05, 0) is 24.8 Å². The molecule has 0 aliphatic carbocycles. The summed E-state index contributed by atoms with van der Waals surface area (Å²) in [6.07, 6.45) is 3.55.